The predicted octanol–water partition coefficient (Wildman–Crippen LogP) is 4.67. The molecule has 0 saturated heterocycles. The second-order valence-corrected chi connectivity index (χ2v) is 6.74. The van der Waals surface area contributed by atoms with E-state index in [-0.39, 0.29) is 0 Å². The van der Waals surface area contributed by atoms with Gasteiger partial charge in [0.25, 0.3) is 5.91 Å². The summed E-state index contributed by atoms with van der Waals surface area (Å²) in [5, 5.41) is 3.05. The maximum absolute atomic E-state index is 13.6. The minimum absolute atomic E-state index is 0.392. The van der Waals surface area contributed by atoms with Crippen LogP contribution in [-0.2, 0) is 9.53 Å². The average molecular weight is 375 g/mol. The van der Waals surface area contributed by atoms with Crippen LogP contribution in [0.15, 0.2) is 42.5 Å². The number of thiophene rings is 1. The summed E-state index contributed by atoms with van der Waals surface area (Å²) in [5.41, 5.74) is 0.196. The number of esters is 1. The van der Waals surface area contributed by atoms with E-state index in [2.05, 4.69) is 5.32 Å². The fourth-order valence-electron chi connectivity index (χ4n) is 2.48. The molecular weight excluding hydrogens is 360 g/mol. The summed E-state index contributed by atoms with van der Waals surface area (Å²) in [5.74, 6) is -3.28. The highest BCUT2D eigenvalue weighted by Gasteiger charge is 2.24. The lowest BCUT2D eigenvalue weighted by Crippen LogP contribution is -2.30. The minimum atomic E-state index is -1.22. The highest BCUT2D eigenvalue weighted by molar-refractivity contribution is 7.21. The molecule has 0 fully saturated rings. The third-order valence-corrected chi connectivity index (χ3v) is 5.15. The molecule has 0 bridgehead atoms. The lowest BCUT2D eigenvalue weighted by atomic mass is 10.1. The molecule has 0 aliphatic heterocycles. The summed E-state index contributed by atoms with van der Waals surface area (Å²) in [7, 11) is 0. The molecule has 26 heavy (non-hydrogen) atoms. The molecule has 0 aliphatic rings. The van der Waals surface area contributed by atoms with E-state index >= 15 is 0 Å². The highest BCUT2D eigenvalue weighted by Crippen LogP contribution is 2.31. The van der Waals surface area contributed by atoms with Crippen LogP contribution in [0, 0.1) is 18.6 Å². The smallest absolute Gasteiger partial charge is 0.349 e. The summed E-state index contributed by atoms with van der Waals surface area (Å²) >= 11 is 1.27. The molecule has 4 nitrogen and oxygen atoms in total. The van der Waals surface area contributed by atoms with Crippen molar-refractivity contribution >= 4 is 39.0 Å². The van der Waals surface area contributed by atoms with Crippen molar-refractivity contribution in [2.75, 3.05) is 5.32 Å². The van der Waals surface area contributed by atoms with E-state index in [0.717, 1.165) is 27.8 Å². The Morgan fingerprint density at radius 1 is 1.08 bits per heavy atom. The van der Waals surface area contributed by atoms with Gasteiger partial charge in [0.1, 0.15) is 22.2 Å². The van der Waals surface area contributed by atoms with Crippen LogP contribution in [0.4, 0.5) is 14.5 Å². The SMILES string of the molecule is Cc1c(C(=O)O[C@@H](C)C(=O)Nc2c(F)cccc2F)sc2ccccc12. The molecule has 1 atom stereocenters. The predicted molar refractivity (Wildman–Crippen MR) is 96.4 cm³/mol. The van der Waals surface area contributed by atoms with E-state index in [1.54, 1.807) is 6.92 Å². The van der Waals surface area contributed by atoms with Gasteiger partial charge in [-0.15, -0.1) is 11.3 Å². The molecule has 0 radical (unpaired) electrons. The van der Waals surface area contributed by atoms with Crippen molar-refractivity contribution in [3.05, 3.63) is 64.5 Å². The van der Waals surface area contributed by atoms with Crippen LogP contribution in [0.3, 0.4) is 0 Å². The Bertz CT molecular complexity index is 979. The molecule has 134 valence electrons. The molecule has 3 aromatic rings. The number of carbonyl (C=O) groups excluding carboxylic acids is 2. The standard InChI is InChI=1S/C19H15F2NO3S/c1-10-12-6-3-4-9-15(12)26-17(10)19(24)25-11(2)18(23)22-16-13(20)7-5-8-14(16)21/h3-9,11H,1-2H3,(H,22,23)/t11-/m0/s1. The van der Waals surface area contributed by atoms with E-state index in [9.17, 15) is 18.4 Å². The van der Waals surface area contributed by atoms with Gasteiger partial charge < -0.3 is 10.1 Å². The molecule has 3 rings (SSSR count). The van der Waals surface area contributed by atoms with Crippen LogP contribution in [0.5, 0.6) is 0 Å². The van der Waals surface area contributed by atoms with Gasteiger partial charge in [-0.25, -0.2) is 13.6 Å². The van der Waals surface area contributed by atoms with Gasteiger partial charge in [-0.05, 0) is 43.0 Å². The molecule has 7 heteroatoms. The Labute approximate surface area is 152 Å². The maximum Gasteiger partial charge on any atom is 0.349 e. The second kappa shape index (κ2) is 7.21. The largest absolute Gasteiger partial charge is 0.448 e. The lowest BCUT2D eigenvalue weighted by Gasteiger charge is -2.14. The summed E-state index contributed by atoms with van der Waals surface area (Å²) in [6.07, 6.45) is -1.22. The van der Waals surface area contributed by atoms with Gasteiger partial charge in [0.15, 0.2) is 6.10 Å². The van der Waals surface area contributed by atoms with E-state index < -0.39 is 35.3 Å². The van der Waals surface area contributed by atoms with Crippen molar-refractivity contribution in [2.45, 2.75) is 20.0 Å². The third-order valence-electron chi connectivity index (χ3n) is 3.89. The Balaban J connectivity index is 1.74. The number of rotatable bonds is 4. The molecule has 0 aliphatic carbocycles. The molecule has 1 N–H and O–H groups in total. The molecule has 0 spiro atoms. The van der Waals surface area contributed by atoms with Gasteiger partial charge in [0.05, 0.1) is 0 Å². The lowest BCUT2D eigenvalue weighted by molar-refractivity contribution is -0.123. The van der Waals surface area contributed by atoms with Crippen molar-refractivity contribution in [1.29, 1.82) is 0 Å². The van der Waals surface area contributed by atoms with Crippen molar-refractivity contribution < 1.29 is 23.1 Å². The number of halogens is 2. The van der Waals surface area contributed by atoms with Gasteiger partial charge in [-0.2, -0.15) is 0 Å². The molecule has 1 amide bonds. The number of carbonyl (C=O) groups is 2. The minimum Gasteiger partial charge on any atom is -0.448 e. The zero-order chi connectivity index (χ0) is 18.8. The van der Waals surface area contributed by atoms with Crippen molar-refractivity contribution in [1.82, 2.24) is 0 Å². The van der Waals surface area contributed by atoms with Gasteiger partial charge in [-0.1, -0.05) is 24.3 Å². The second-order valence-electron chi connectivity index (χ2n) is 5.69. The van der Waals surface area contributed by atoms with Crippen LogP contribution >= 0.6 is 11.3 Å². The fourth-order valence-corrected chi connectivity index (χ4v) is 3.57. The molecule has 1 heterocycles. The Morgan fingerprint density at radius 3 is 2.38 bits per heavy atom. The van der Waals surface area contributed by atoms with Crippen LogP contribution in [0.25, 0.3) is 10.1 Å². The van der Waals surface area contributed by atoms with Gasteiger partial charge in [0, 0.05) is 4.70 Å². The van der Waals surface area contributed by atoms with Crippen molar-refractivity contribution in [3.63, 3.8) is 0 Å². The normalized spacial score (nSPS) is 12.0. The maximum atomic E-state index is 13.6. The Morgan fingerprint density at radius 2 is 1.73 bits per heavy atom. The molecule has 0 saturated carbocycles. The van der Waals surface area contributed by atoms with E-state index in [4.69, 9.17) is 4.74 Å². The fraction of sp³-hybridized carbons (Fsp3) is 0.158. The Kier molecular flexibility index (Phi) is 4.99. The number of amides is 1. The van der Waals surface area contributed by atoms with Crippen LogP contribution < -0.4 is 5.32 Å². The number of fused-ring (bicyclic) bond motifs is 1. The zero-order valence-corrected chi connectivity index (χ0v) is 14.8. The topological polar surface area (TPSA) is 55.4 Å². The van der Waals surface area contributed by atoms with Crippen molar-refractivity contribution in [3.8, 4) is 0 Å². The zero-order valence-electron chi connectivity index (χ0n) is 14.0. The first kappa shape index (κ1) is 18.0. The number of hydrogen-bond acceptors (Lipinski definition) is 4. The van der Waals surface area contributed by atoms with Gasteiger partial charge in [-0.3, -0.25) is 4.79 Å². The monoisotopic (exact) mass is 375 g/mol. The summed E-state index contributed by atoms with van der Waals surface area (Å²) < 4.78 is 33.3. The van der Waals surface area contributed by atoms with Crippen LogP contribution in [0.2, 0.25) is 0 Å². The number of aryl methyl sites for hydroxylation is 1. The third kappa shape index (κ3) is 3.43. The number of nitrogens with one attached hydrogen (secondary N) is 1. The number of benzene rings is 2. The number of ether oxygens (including phenoxy) is 1. The number of para-hydroxylation sites is 1. The first-order valence-corrected chi connectivity index (χ1v) is 8.64. The molecule has 2 aromatic carbocycles. The molecular formula is C19H15F2NO3S. The highest BCUT2D eigenvalue weighted by atomic mass is 32.1. The van der Waals surface area contributed by atoms with Crippen molar-refractivity contribution in [2.24, 2.45) is 0 Å². The molecule has 0 unspecified atom stereocenters. The first-order valence-electron chi connectivity index (χ1n) is 7.82. The summed E-state index contributed by atoms with van der Waals surface area (Å²) in [4.78, 5) is 24.9. The summed E-state index contributed by atoms with van der Waals surface area (Å²) in [6, 6.07) is 10.8. The van der Waals surface area contributed by atoms with E-state index in [1.807, 2.05) is 24.3 Å². The number of anilines is 1. The quantitative estimate of drug-likeness (QED) is 0.674. The summed E-state index contributed by atoms with van der Waals surface area (Å²) in [6.45, 7) is 3.14. The van der Waals surface area contributed by atoms with E-state index in [0.29, 0.717) is 4.88 Å². The number of hydrogen-bond donors (Lipinski definition) is 1. The van der Waals surface area contributed by atoms with Gasteiger partial charge >= 0.3 is 5.97 Å². The van der Waals surface area contributed by atoms with Crippen LogP contribution in [-0.4, -0.2) is 18.0 Å². The Hall–Kier alpha value is -2.80. The van der Waals surface area contributed by atoms with Crippen LogP contribution in [0.1, 0.15) is 22.2 Å². The first-order chi connectivity index (χ1) is 12.4. The van der Waals surface area contributed by atoms with Gasteiger partial charge in [0.2, 0.25) is 0 Å². The molecule has 1 aromatic heterocycles. The average Bonchev–Trinajstić information content (AvgIpc) is 2.95. The van der Waals surface area contributed by atoms with E-state index in [1.165, 1.54) is 24.3 Å².